The van der Waals surface area contributed by atoms with Crippen LogP contribution in [0, 0.1) is 0 Å². The first-order valence-corrected chi connectivity index (χ1v) is 10.2. The monoisotopic (exact) mass is 399 g/mol. The van der Waals surface area contributed by atoms with Gasteiger partial charge in [-0.25, -0.2) is 4.98 Å². The number of anilines is 1. The fourth-order valence-corrected chi connectivity index (χ4v) is 4.18. The first kappa shape index (κ1) is 19.2. The summed E-state index contributed by atoms with van der Waals surface area (Å²) in [6.45, 7) is 5.77. The molecule has 2 aromatic rings. The SMILES string of the molecule is N[C@@H]1CCN(C(=O)c2cccnc2N2CCN(Cc3cccc(Cl)c3)CC2)C1. The lowest BCUT2D eigenvalue weighted by molar-refractivity contribution is 0.0791. The molecule has 28 heavy (non-hydrogen) atoms. The summed E-state index contributed by atoms with van der Waals surface area (Å²) in [5.41, 5.74) is 7.88. The largest absolute Gasteiger partial charge is 0.353 e. The van der Waals surface area contributed by atoms with Crippen LogP contribution in [0.25, 0.3) is 0 Å². The Morgan fingerprint density at radius 3 is 2.68 bits per heavy atom. The summed E-state index contributed by atoms with van der Waals surface area (Å²) < 4.78 is 0. The number of halogens is 1. The molecule has 0 radical (unpaired) electrons. The van der Waals surface area contributed by atoms with E-state index in [1.165, 1.54) is 5.56 Å². The second-order valence-electron chi connectivity index (χ2n) is 7.57. The maximum atomic E-state index is 13.0. The number of amides is 1. The summed E-state index contributed by atoms with van der Waals surface area (Å²) in [5, 5.41) is 0.773. The second kappa shape index (κ2) is 8.47. The standard InChI is InChI=1S/C21H26ClN5O/c22-17-4-1-3-16(13-17)14-25-9-11-26(12-10-25)20-19(5-2-7-24-20)21(28)27-8-6-18(23)15-27/h1-5,7,13,18H,6,8-12,14-15,23H2/t18-/m1/s1. The van der Waals surface area contributed by atoms with Crippen molar-refractivity contribution in [2.24, 2.45) is 5.73 Å². The zero-order valence-corrected chi connectivity index (χ0v) is 16.7. The minimum absolute atomic E-state index is 0.0393. The number of hydrogen-bond donors (Lipinski definition) is 1. The Hall–Kier alpha value is -2.15. The molecule has 1 amide bonds. The van der Waals surface area contributed by atoms with E-state index in [-0.39, 0.29) is 11.9 Å². The molecular weight excluding hydrogens is 374 g/mol. The number of rotatable bonds is 4. The van der Waals surface area contributed by atoms with Gasteiger partial charge < -0.3 is 15.5 Å². The average molecular weight is 400 g/mol. The summed E-state index contributed by atoms with van der Waals surface area (Å²) in [4.78, 5) is 24.0. The molecule has 0 aliphatic carbocycles. The van der Waals surface area contributed by atoms with Gasteiger partial charge >= 0.3 is 0 Å². The van der Waals surface area contributed by atoms with Gasteiger partial charge in [-0.05, 0) is 36.2 Å². The fourth-order valence-electron chi connectivity index (χ4n) is 3.97. The van der Waals surface area contributed by atoms with Crippen molar-refractivity contribution in [1.29, 1.82) is 0 Å². The zero-order valence-electron chi connectivity index (χ0n) is 15.9. The number of benzene rings is 1. The highest BCUT2D eigenvalue weighted by Crippen LogP contribution is 2.23. The molecule has 2 aliphatic rings. The highest BCUT2D eigenvalue weighted by Gasteiger charge is 2.28. The molecule has 1 aromatic carbocycles. The number of piperazine rings is 1. The van der Waals surface area contributed by atoms with Gasteiger partial charge in [-0.3, -0.25) is 9.69 Å². The summed E-state index contributed by atoms with van der Waals surface area (Å²) in [5.74, 6) is 0.827. The van der Waals surface area contributed by atoms with Crippen molar-refractivity contribution in [1.82, 2.24) is 14.8 Å². The molecule has 2 aliphatic heterocycles. The number of aromatic nitrogens is 1. The Morgan fingerprint density at radius 2 is 1.96 bits per heavy atom. The number of likely N-dealkylation sites (tertiary alicyclic amines) is 1. The molecule has 3 heterocycles. The van der Waals surface area contributed by atoms with E-state index in [1.807, 2.05) is 35.2 Å². The van der Waals surface area contributed by atoms with Gasteiger partial charge in [0.05, 0.1) is 5.56 Å². The van der Waals surface area contributed by atoms with Crippen LogP contribution >= 0.6 is 11.6 Å². The molecule has 0 saturated carbocycles. The number of nitrogens with two attached hydrogens (primary N) is 1. The summed E-state index contributed by atoms with van der Waals surface area (Å²) in [6.07, 6.45) is 2.63. The minimum atomic E-state index is 0.0393. The molecule has 148 valence electrons. The second-order valence-corrected chi connectivity index (χ2v) is 8.00. The van der Waals surface area contributed by atoms with E-state index in [2.05, 4.69) is 20.9 Å². The number of hydrogen-bond acceptors (Lipinski definition) is 5. The van der Waals surface area contributed by atoms with Crippen molar-refractivity contribution in [3.05, 3.63) is 58.7 Å². The molecule has 0 unspecified atom stereocenters. The van der Waals surface area contributed by atoms with Gasteiger partial charge in [-0.2, -0.15) is 0 Å². The molecule has 6 nitrogen and oxygen atoms in total. The molecule has 2 N–H and O–H groups in total. The van der Waals surface area contributed by atoms with Gasteiger partial charge in [0.1, 0.15) is 5.82 Å². The smallest absolute Gasteiger partial charge is 0.257 e. The van der Waals surface area contributed by atoms with Crippen LogP contribution in [0.15, 0.2) is 42.6 Å². The molecule has 2 fully saturated rings. The Kier molecular flexibility index (Phi) is 5.80. The molecule has 2 saturated heterocycles. The number of carbonyl (C=O) groups is 1. The maximum absolute atomic E-state index is 13.0. The normalized spacial score (nSPS) is 20.6. The lowest BCUT2D eigenvalue weighted by Crippen LogP contribution is -2.47. The van der Waals surface area contributed by atoms with Crippen molar-refractivity contribution in [3.8, 4) is 0 Å². The van der Waals surface area contributed by atoms with Crippen molar-refractivity contribution in [2.75, 3.05) is 44.2 Å². The van der Waals surface area contributed by atoms with Crippen molar-refractivity contribution in [3.63, 3.8) is 0 Å². The van der Waals surface area contributed by atoms with Crippen LogP contribution in [0.2, 0.25) is 5.02 Å². The third kappa shape index (κ3) is 4.29. The van der Waals surface area contributed by atoms with Gasteiger partial charge in [-0.15, -0.1) is 0 Å². The van der Waals surface area contributed by atoms with Gasteiger partial charge in [0.2, 0.25) is 0 Å². The molecule has 4 rings (SSSR count). The topological polar surface area (TPSA) is 65.7 Å². The van der Waals surface area contributed by atoms with E-state index in [1.54, 1.807) is 6.20 Å². The third-order valence-corrected chi connectivity index (χ3v) is 5.73. The highest BCUT2D eigenvalue weighted by molar-refractivity contribution is 6.30. The van der Waals surface area contributed by atoms with Crippen LogP contribution in [-0.4, -0.2) is 66.0 Å². The fraction of sp³-hybridized carbons (Fsp3) is 0.429. The minimum Gasteiger partial charge on any atom is -0.353 e. The number of pyridine rings is 1. The number of nitrogens with zero attached hydrogens (tertiary/aromatic N) is 4. The van der Waals surface area contributed by atoms with E-state index in [0.29, 0.717) is 12.1 Å². The van der Waals surface area contributed by atoms with Crippen LogP contribution in [0.3, 0.4) is 0 Å². The van der Waals surface area contributed by atoms with Crippen LogP contribution in [0.5, 0.6) is 0 Å². The lowest BCUT2D eigenvalue weighted by Gasteiger charge is -2.36. The molecule has 1 atom stereocenters. The summed E-state index contributed by atoms with van der Waals surface area (Å²) in [7, 11) is 0. The molecule has 7 heteroatoms. The van der Waals surface area contributed by atoms with Crippen molar-refractivity contribution >= 4 is 23.3 Å². The number of carbonyl (C=O) groups excluding carboxylic acids is 1. The zero-order chi connectivity index (χ0) is 19.5. The van der Waals surface area contributed by atoms with E-state index in [0.717, 1.165) is 56.5 Å². The predicted molar refractivity (Wildman–Crippen MR) is 112 cm³/mol. The third-order valence-electron chi connectivity index (χ3n) is 5.50. The molecular formula is C21H26ClN5O. The van der Waals surface area contributed by atoms with Crippen LogP contribution in [0.4, 0.5) is 5.82 Å². The van der Waals surface area contributed by atoms with E-state index in [9.17, 15) is 4.79 Å². The first-order chi connectivity index (χ1) is 13.6. The Balaban J connectivity index is 1.41. The lowest BCUT2D eigenvalue weighted by atomic mass is 10.1. The molecule has 0 bridgehead atoms. The first-order valence-electron chi connectivity index (χ1n) is 9.82. The van der Waals surface area contributed by atoms with Gasteiger partial charge in [-0.1, -0.05) is 23.7 Å². The van der Waals surface area contributed by atoms with E-state index in [4.69, 9.17) is 17.3 Å². The predicted octanol–water partition coefficient (Wildman–Crippen LogP) is 2.23. The van der Waals surface area contributed by atoms with Gasteiger partial charge in [0, 0.05) is 63.1 Å². The molecule has 0 spiro atoms. The Labute approximate surface area is 170 Å². The summed E-state index contributed by atoms with van der Waals surface area (Å²) in [6, 6.07) is 11.8. The van der Waals surface area contributed by atoms with Crippen molar-refractivity contribution in [2.45, 2.75) is 19.0 Å². The Morgan fingerprint density at radius 1 is 1.14 bits per heavy atom. The highest BCUT2D eigenvalue weighted by atomic mass is 35.5. The average Bonchev–Trinajstić information content (AvgIpc) is 3.14. The quantitative estimate of drug-likeness (QED) is 0.854. The van der Waals surface area contributed by atoms with Crippen LogP contribution < -0.4 is 10.6 Å². The van der Waals surface area contributed by atoms with Gasteiger partial charge in [0.25, 0.3) is 5.91 Å². The van der Waals surface area contributed by atoms with Crippen molar-refractivity contribution < 1.29 is 4.79 Å². The summed E-state index contributed by atoms with van der Waals surface area (Å²) >= 11 is 6.10. The molecule has 1 aromatic heterocycles. The maximum Gasteiger partial charge on any atom is 0.257 e. The van der Waals surface area contributed by atoms with Crippen LogP contribution in [0.1, 0.15) is 22.3 Å². The Bertz CT molecular complexity index is 837. The van der Waals surface area contributed by atoms with E-state index < -0.39 is 0 Å². The van der Waals surface area contributed by atoms with E-state index >= 15 is 0 Å². The van der Waals surface area contributed by atoms with Crippen LogP contribution in [-0.2, 0) is 6.54 Å². The van der Waals surface area contributed by atoms with Gasteiger partial charge in [0.15, 0.2) is 0 Å².